The largest absolute Gasteiger partial charge is 0.480 e. The van der Waals surface area contributed by atoms with E-state index in [1.54, 1.807) is 42.7 Å². The van der Waals surface area contributed by atoms with Crippen molar-refractivity contribution >= 4 is 17.7 Å². The number of carboxylic acid groups (broad SMARTS) is 1. The summed E-state index contributed by atoms with van der Waals surface area (Å²) in [5.74, 6) is -0.591. The number of nitrogens with zero attached hydrogens (tertiary/aromatic N) is 3. The molecule has 3 N–H and O–H groups in total. The number of rotatable bonds is 7. The van der Waals surface area contributed by atoms with Crippen LogP contribution >= 0.6 is 0 Å². The molecule has 2 aromatic heterocycles. The van der Waals surface area contributed by atoms with Crippen molar-refractivity contribution in [2.45, 2.75) is 6.54 Å². The molecule has 0 aliphatic heterocycles. The van der Waals surface area contributed by atoms with Gasteiger partial charge in [0.05, 0.1) is 5.69 Å². The number of anilines is 2. The standard InChI is InChI=1S/C18H16FN5O2/c19-14-3-1-12(2-4-14)10-21-16-9-15(13-5-7-20-8-6-13)23-18(24-16)22-11-17(25)26/h1-9H,10-11H2,(H,25,26)(H2,21,22,23,24). The van der Waals surface area contributed by atoms with Crippen molar-refractivity contribution in [3.8, 4) is 11.3 Å². The van der Waals surface area contributed by atoms with E-state index in [1.165, 1.54) is 12.1 Å². The van der Waals surface area contributed by atoms with E-state index in [9.17, 15) is 9.18 Å². The van der Waals surface area contributed by atoms with Crippen LogP contribution in [0, 0.1) is 5.82 Å². The summed E-state index contributed by atoms with van der Waals surface area (Å²) in [6, 6.07) is 11.5. The van der Waals surface area contributed by atoms with Crippen molar-refractivity contribution in [3.63, 3.8) is 0 Å². The highest BCUT2D eigenvalue weighted by atomic mass is 19.1. The highest BCUT2D eigenvalue weighted by Crippen LogP contribution is 2.21. The molecule has 26 heavy (non-hydrogen) atoms. The second kappa shape index (κ2) is 8.02. The predicted octanol–water partition coefficient (Wildman–Crippen LogP) is 2.79. The number of pyridine rings is 1. The van der Waals surface area contributed by atoms with Crippen molar-refractivity contribution in [2.24, 2.45) is 0 Å². The molecule has 0 fully saturated rings. The van der Waals surface area contributed by atoms with Crippen molar-refractivity contribution in [1.29, 1.82) is 0 Å². The lowest BCUT2D eigenvalue weighted by atomic mass is 10.2. The summed E-state index contributed by atoms with van der Waals surface area (Å²) >= 11 is 0. The molecule has 1 aromatic carbocycles. The molecule has 0 unspecified atom stereocenters. The van der Waals surface area contributed by atoms with E-state index in [4.69, 9.17) is 5.11 Å². The molecule has 3 aromatic rings. The average molecular weight is 353 g/mol. The zero-order valence-electron chi connectivity index (χ0n) is 13.7. The highest BCUT2D eigenvalue weighted by molar-refractivity contribution is 5.72. The molecule has 7 nitrogen and oxygen atoms in total. The topological polar surface area (TPSA) is 100 Å². The summed E-state index contributed by atoms with van der Waals surface area (Å²) in [6.45, 7) is 0.142. The smallest absolute Gasteiger partial charge is 0.322 e. The Labute approximate surface area is 149 Å². The van der Waals surface area contributed by atoms with Gasteiger partial charge in [-0.1, -0.05) is 12.1 Å². The van der Waals surface area contributed by atoms with Crippen LogP contribution in [0.1, 0.15) is 5.56 Å². The van der Waals surface area contributed by atoms with Crippen molar-refractivity contribution in [2.75, 3.05) is 17.2 Å². The van der Waals surface area contributed by atoms with Gasteiger partial charge in [0, 0.05) is 30.6 Å². The van der Waals surface area contributed by atoms with E-state index in [0.29, 0.717) is 18.1 Å². The zero-order chi connectivity index (χ0) is 18.4. The maximum Gasteiger partial charge on any atom is 0.322 e. The Morgan fingerprint density at radius 1 is 1.04 bits per heavy atom. The molecule has 0 aliphatic rings. The molecule has 2 heterocycles. The third kappa shape index (κ3) is 4.73. The van der Waals surface area contributed by atoms with Crippen LogP contribution in [0.15, 0.2) is 54.9 Å². The monoisotopic (exact) mass is 353 g/mol. The number of carboxylic acids is 1. The fraction of sp³-hybridized carbons (Fsp3) is 0.111. The SMILES string of the molecule is O=C(O)CNc1nc(NCc2ccc(F)cc2)cc(-c2ccncc2)n1. The molecule has 132 valence electrons. The molecule has 0 bridgehead atoms. The maximum absolute atomic E-state index is 13.0. The van der Waals surface area contributed by atoms with E-state index in [2.05, 4.69) is 25.6 Å². The molecular weight excluding hydrogens is 337 g/mol. The number of nitrogens with one attached hydrogen (secondary N) is 2. The lowest BCUT2D eigenvalue weighted by molar-refractivity contribution is -0.134. The molecule has 0 amide bonds. The Hall–Kier alpha value is -3.55. The fourth-order valence-electron chi connectivity index (χ4n) is 2.24. The Bertz CT molecular complexity index is 888. The first-order valence-electron chi connectivity index (χ1n) is 7.83. The first kappa shape index (κ1) is 17.3. The number of hydrogen-bond donors (Lipinski definition) is 3. The molecule has 0 spiro atoms. The molecule has 0 radical (unpaired) electrons. The number of benzene rings is 1. The van der Waals surface area contributed by atoms with Gasteiger partial charge in [-0.15, -0.1) is 0 Å². The van der Waals surface area contributed by atoms with E-state index in [-0.39, 0.29) is 18.3 Å². The summed E-state index contributed by atoms with van der Waals surface area (Å²) in [6.07, 6.45) is 3.29. The van der Waals surface area contributed by atoms with Crippen LogP contribution in [0.5, 0.6) is 0 Å². The summed E-state index contributed by atoms with van der Waals surface area (Å²) < 4.78 is 13.0. The Kier molecular flexibility index (Phi) is 5.33. The van der Waals surface area contributed by atoms with Crippen LogP contribution in [0.4, 0.5) is 16.2 Å². The predicted molar refractivity (Wildman–Crippen MR) is 95.1 cm³/mol. The van der Waals surface area contributed by atoms with E-state index >= 15 is 0 Å². The van der Waals surface area contributed by atoms with Crippen LogP contribution in [0.2, 0.25) is 0 Å². The lowest BCUT2D eigenvalue weighted by Crippen LogP contribution is -2.15. The van der Waals surface area contributed by atoms with Gasteiger partial charge in [0.25, 0.3) is 0 Å². The normalized spacial score (nSPS) is 10.3. The summed E-state index contributed by atoms with van der Waals surface area (Å²) in [7, 11) is 0. The molecule has 0 aliphatic carbocycles. The van der Waals surface area contributed by atoms with E-state index < -0.39 is 5.97 Å². The van der Waals surface area contributed by atoms with Crippen LogP contribution < -0.4 is 10.6 Å². The molecular formula is C18H16FN5O2. The van der Waals surface area contributed by atoms with Crippen molar-refractivity contribution in [1.82, 2.24) is 15.0 Å². The first-order valence-corrected chi connectivity index (χ1v) is 7.83. The minimum Gasteiger partial charge on any atom is -0.480 e. The zero-order valence-corrected chi connectivity index (χ0v) is 13.7. The van der Waals surface area contributed by atoms with Crippen LogP contribution in [-0.2, 0) is 11.3 Å². The second-order valence-electron chi connectivity index (χ2n) is 5.43. The van der Waals surface area contributed by atoms with Crippen LogP contribution in [0.3, 0.4) is 0 Å². The van der Waals surface area contributed by atoms with Gasteiger partial charge in [0.2, 0.25) is 5.95 Å². The van der Waals surface area contributed by atoms with Gasteiger partial charge in [0.15, 0.2) is 0 Å². The van der Waals surface area contributed by atoms with Crippen LogP contribution in [-0.4, -0.2) is 32.6 Å². The number of aromatic nitrogens is 3. The summed E-state index contributed by atoms with van der Waals surface area (Å²) in [4.78, 5) is 23.4. The van der Waals surface area contributed by atoms with Gasteiger partial charge in [-0.2, -0.15) is 4.98 Å². The van der Waals surface area contributed by atoms with Crippen LogP contribution in [0.25, 0.3) is 11.3 Å². The molecule has 0 atom stereocenters. The Morgan fingerprint density at radius 3 is 2.46 bits per heavy atom. The maximum atomic E-state index is 13.0. The van der Waals surface area contributed by atoms with Gasteiger partial charge in [0.1, 0.15) is 18.2 Å². The van der Waals surface area contributed by atoms with E-state index in [1.807, 2.05) is 0 Å². The number of halogens is 1. The third-order valence-electron chi connectivity index (χ3n) is 3.49. The highest BCUT2D eigenvalue weighted by Gasteiger charge is 2.08. The van der Waals surface area contributed by atoms with Gasteiger partial charge in [-0.25, -0.2) is 9.37 Å². The molecule has 0 saturated heterocycles. The van der Waals surface area contributed by atoms with Crippen molar-refractivity contribution < 1.29 is 14.3 Å². The van der Waals surface area contributed by atoms with Gasteiger partial charge < -0.3 is 15.7 Å². The fourth-order valence-corrected chi connectivity index (χ4v) is 2.24. The quantitative estimate of drug-likeness (QED) is 0.600. The minimum atomic E-state index is -1.01. The van der Waals surface area contributed by atoms with Gasteiger partial charge in [-0.3, -0.25) is 9.78 Å². The summed E-state index contributed by atoms with van der Waals surface area (Å²) in [5.41, 5.74) is 2.33. The lowest BCUT2D eigenvalue weighted by Gasteiger charge is -2.11. The van der Waals surface area contributed by atoms with Gasteiger partial charge >= 0.3 is 5.97 Å². The number of aliphatic carboxylic acids is 1. The molecule has 8 heteroatoms. The number of hydrogen-bond acceptors (Lipinski definition) is 6. The third-order valence-corrected chi connectivity index (χ3v) is 3.49. The second-order valence-corrected chi connectivity index (χ2v) is 5.43. The molecule has 0 saturated carbocycles. The average Bonchev–Trinajstić information content (AvgIpc) is 2.66. The minimum absolute atomic E-state index is 0.198. The summed E-state index contributed by atoms with van der Waals surface area (Å²) in [5, 5.41) is 14.6. The Morgan fingerprint density at radius 2 is 1.77 bits per heavy atom. The van der Waals surface area contributed by atoms with Crippen molar-refractivity contribution in [3.05, 3.63) is 66.2 Å². The van der Waals surface area contributed by atoms with Gasteiger partial charge in [-0.05, 0) is 29.8 Å². The number of carbonyl (C=O) groups is 1. The Balaban J connectivity index is 1.83. The molecule has 3 rings (SSSR count). The van der Waals surface area contributed by atoms with E-state index in [0.717, 1.165) is 11.1 Å². The first-order chi connectivity index (χ1) is 12.6.